The van der Waals surface area contributed by atoms with E-state index in [1.54, 1.807) is 19.2 Å². The quantitative estimate of drug-likeness (QED) is 0.670. The number of ketones is 1. The Balaban J connectivity index is 2.48. The molecule has 0 aliphatic heterocycles. The highest BCUT2D eigenvalue weighted by Gasteiger charge is 2.18. The molecule has 0 unspecified atom stereocenters. The van der Waals surface area contributed by atoms with Crippen LogP contribution in [0.15, 0.2) is 29.6 Å². The number of hydrogen-bond donors (Lipinski definition) is 1. The van der Waals surface area contributed by atoms with E-state index in [2.05, 4.69) is 0 Å². The van der Waals surface area contributed by atoms with Gasteiger partial charge < -0.3 is 10.5 Å². The molecule has 0 aliphatic carbocycles. The van der Waals surface area contributed by atoms with Crippen molar-refractivity contribution < 1.29 is 9.53 Å². The second-order valence-electron chi connectivity index (χ2n) is 3.68. The zero-order chi connectivity index (χ0) is 12.4. The highest BCUT2D eigenvalue weighted by Crippen LogP contribution is 2.29. The molecule has 88 valence electrons. The van der Waals surface area contributed by atoms with E-state index >= 15 is 0 Å². The van der Waals surface area contributed by atoms with E-state index in [-0.39, 0.29) is 5.78 Å². The third kappa shape index (κ3) is 2.03. The number of benzene rings is 1. The number of aryl methyl sites for hydroxylation is 1. The van der Waals surface area contributed by atoms with Gasteiger partial charge in [-0.2, -0.15) is 0 Å². The lowest BCUT2D eigenvalue weighted by molar-refractivity contribution is 0.104. The van der Waals surface area contributed by atoms with Crippen LogP contribution in [0, 0.1) is 6.92 Å². The van der Waals surface area contributed by atoms with Crippen LogP contribution in [0.1, 0.15) is 20.8 Å². The first-order valence-electron chi connectivity index (χ1n) is 5.16. The van der Waals surface area contributed by atoms with Gasteiger partial charge in [0.1, 0.15) is 10.6 Å². The Kier molecular flexibility index (Phi) is 3.15. The van der Waals surface area contributed by atoms with Crippen molar-refractivity contribution >= 4 is 22.8 Å². The summed E-state index contributed by atoms with van der Waals surface area (Å²) in [6.07, 6.45) is 0. The fourth-order valence-corrected chi connectivity index (χ4v) is 2.44. The average molecular weight is 247 g/mol. The van der Waals surface area contributed by atoms with Crippen molar-refractivity contribution in [1.82, 2.24) is 0 Å². The van der Waals surface area contributed by atoms with Crippen LogP contribution in [0.5, 0.6) is 5.75 Å². The lowest BCUT2D eigenvalue weighted by atomic mass is 10.0. The summed E-state index contributed by atoms with van der Waals surface area (Å²) in [6.45, 7) is 1.89. The topological polar surface area (TPSA) is 52.3 Å². The predicted molar refractivity (Wildman–Crippen MR) is 69.9 cm³/mol. The minimum absolute atomic E-state index is 0.0851. The highest BCUT2D eigenvalue weighted by molar-refractivity contribution is 7.12. The fraction of sp³-hybridized carbons (Fsp3) is 0.154. The number of anilines is 1. The molecule has 0 bridgehead atoms. The molecule has 2 N–H and O–H groups in total. The molecule has 4 heteroatoms. The summed E-state index contributed by atoms with van der Waals surface area (Å²) in [7, 11) is 1.55. The van der Waals surface area contributed by atoms with E-state index in [1.807, 2.05) is 24.4 Å². The number of ether oxygens (including phenoxy) is 1. The van der Waals surface area contributed by atoms with Gasteiger partial charge >= 0.3 is 0 Å². The van der Waals surface area contributed by atoms with Gasteiger partial charge in [0, 0.05) is 11.3 Å². The number of carbonyl (C=O) groups excluding carboxylic acids is 1. The zero-order valence-corrected chi connectivity index (χ0v) is 10.5. The van der Waals surface area contributed by atoms with E-state index < -0.39 is 0 Å². The van der Waals surface area contributed by atoms with Crippen LogP contribution in [-0.2, 0) is 0 Å². The number of nitrogens with two attached hydrogens (primary N) is 1. The second-order valence-corrected chi connectivity index (χ2v) is 4.60. The lowest BCUT2D eigenvalue weighted by Gasteiger charge is -2.07. The van der Waals surface area contributed by atoms with Crippen molar-refractivity contribution in [2.24, 2.45) is 0 Å². The summed E-state index contributed by atoms with van der Waals surface area (Å²) in [5.74, 6) is 0.513. The predicted octanol–water partition coefficient (Wildman–Crippen LogP) is 2.88. The SMILES string of the molecule is COc1ccsc1C(=O)c1cccc(C)c1N. The lowest BCUT2D eigenvalue weighted by Crippen LogP contribution is -2.06. The largest absolute Gasteiger partial charge is 0.495 e. The molecule has 0 atom stereocenters. The molecular weight excluding hydrogens is 234 g/mol. The maximum Gasteiger partial charge on any atom is 0.208 e. The van der Waals surface area contributed by atoms with Gasteiger partial charge in [-0.15, -0.1) is 11.3 Å². The van der Waals surface area contributed by atoms with Crippen molar-refractivity contribution in [3.63, 3.8) is 0 Å². The van der Waals surface area contributed by atoms with Gasteiger partial charge in [-0.25, -0.2) is 0 Å². The average Bonchev–Trinajstić information content (AvgIpc) is 2.80. The van der Waals surface area contributed by atoms with E-state index in [1.165, 1.54) is 11.3 Å². The first kappa shape index (κ1) is 11.7. The van der Waals surface area contributed by atoms with E-state index in [0.717, 1.165) is 5.56 Å². The number of carbonyl (C=O) groups is 1. The Bertz CT molecular complexity index is 560. The van der Waals surface area contributed by atoms with Crippen LogP contribution in [0.4, 0.5) is 5.69 Å². The molecule has 0 saturated carbocycles. The normalized spacial score (nSPS) is 10.2. The van der Waals surface area contributed by atoms with Crippen LogP contribution in [-0.4, -0.2) is 12.9 Å². The minimum Gasteiger partial charge on any atom is -0.495 e. The Hall–Kier alpha value is -1.81. The van der Waals surface area contributed by atoms with E-state index in [9.17, 15) is 4.79 Å². The number of methoxy groups -OCH3 is 1. The third-order valence-electron chi connectivity index (χ3n) is 2.62. The smallest absolute Gasteiger partial charge is 0.208 e. The Morgan fingerprint density at radius 3 is 2.82 bits per heavy atom. The number of rotatable bonds is 3. The van der Waals surface area contributed by atoms with Crippen molar-refractivity contribution in [2.75, 3.05) is 12.8 Å². The molecule has 0 amide bonds. The summed E-state index contributed by atoms with van der Waals surface area (Å²) >= 11 is 1.36. The molecule has 1 aromatic heterocycles. The fourth-order valence-electron chi connectivity index (χ4n) is 1.62. The van der Waals surface area contributed by atoms with Gasteiger partial charge in [0.15, 0.2) is 0 Å². The Morgan fingerprint density at radius 2 is 2.12 bits per heavy atom. The molecule has 0 spiro atoms. The van der Waals surface area contributed by atoms with Gasteiger partial charge in [-0.1, -0.05) is 12.1 Å². The van der Waals surface area contributed by atoms with E-state index in [4.69, 9.17) is 10.5 Å². The summed E-state index contributed by atoms with van der Waals surface area (Å²) in [5.41, 5.74) is 7.90. The first-order chi connectivity index (χ1) is 8.15. The van der Waals surface area contributed by atoms with E-state index in [0.29, 0.717) is 21.9 Å². The number of thiophene rings is 1. The second kappa shape index (κ2) is 4.59. The molecule has 2 aromatic rings. The summed E-state index contributed by atoms with van der Waals surface area (Å²) in [5, 5.41) is 1.83. The zero-order valence-electron chi connectivity index (χ0n) is 9.69. The van der Waals surface area contributed by atoms with Gasteiger partial charge in [-0.05, 0) is 30.0 Å². The maximum absolute atomic E-state index is 12.3. The molecule has 1 aromatic carbocycles. The number of para-hydroxylation sites is 1. The van der Waals surface area contributed by atoms with Crippen molar-refractivity contribution in [2.45, 2.75) is 6.92 Å². The van der Waals surface area contributed by atoms with Crippen LogP contribution in [0.3, 0.4) is 0 Å². The van der Waals surface area contributed by atoms with Crippen LogP contribution in [0.2, 0.25) is 0 Å². The van der Waals surface area contributed by atoms with Crippen molar-refractivity contribution in [3.8, 4) is 5.75 Å². The Labute approximate surface area is 104 Å². The molecule has 17 heavy (non-hydrogen) atoms. The molecule has 2 rings (SSSR count). The Morgan fingerprint density at radius 1 is 1.35 bits per heavy atom. The number of nitrogen functional groups attached to an aromatic ring is 1. The molecule has 3 nitrogen and oxygen atoms in total. The monoisotopic (exact) mass is 247 g/mol. The van der Waals surface area contributed by atoms with Crippen LogP contribution in [0.25, 0.3) is 0 Å². The molecule has 0 fully saturated rings. The highest BCUT2D eigenvalue weighted by atomic mass is 32.1. The standard InChI is InChI=1S/C13H13NO2S/c1-8-4-3-5-9(11(8)14)12(15)13-10(16-2)6-7-17-13/h3-7H,14H2,1-2H3. The van der Waals surface area contributed by atoms with Crippen LogP contribution < -0.4 is 10.5 Å². The van der Waals surface area contributed by atoms with Crippen molar-refractivity contribution in [3.05, 3.63) is 45.6 Å². The number of hydrogen-bond acceptors (Lipinski definition) is 4. The van der Waals surface area contributed by atoms with Crippen LogP contribution >= 0.6 is 11.3 Å². The first-order valence-corrected chi connectivity index (χ1v) is 6.04. The van der Waals surface area contributed by atoms with Gasteiger partial charge in [0.2, 0.25) is 5.78 Å². The van der Waals surface area contributed by atoms with Gasteiger partial charge in [0.25, 0.3) is 0 Å². The minimum atomic E-state index is -0.0851. The molecule has 0 aliphatic rings. The molecule has 0 radical (unpaired) electrons. The summed E-state index contributed by atoms with van der Waals surface area (Å²) in [6, 6.07) is 7.24. The third-order valence-corrected chi connectivity index (χ3v) is 3.52. The van der Waals surface area contributed by atoms with Gasteiger partial charge in [-0.3, -0.25) is 4.79 Å². The summed E-state index contributed by atoms with van der Waals surface area (Å²) in [4.78, 5) is 12.9. The molecule has 0 saturated heterocycles. The van der Waals surface area contributed by atoms with Gasteiger partial charge in [0.05, 0.1) is 7.11 Å². The molecule has 1 heterocycles. The molecular formula is C13H13NO2S. The maximum atomic E-state index is 12.3. The van der Waals surface area contributed by atoms with Crippen molar-refractivity contribution in [1.29, 1.82) is 0 Å². The summed E-state index contributed by atoms with van der Waals surface area (Å²) < 4.78 is 5.15.